The van der Waals surface area contributed by atoms with Gasteiger partial charge < -0.3 is 0 Å². The standard InChI is InChI=1S/C7H11/c1-3-5-7-6-4-2/h1,5H,4,6-7H2,2H3. The normalized spacial score (nSPS) is 8.00. The van der Waals surface area contributed by atoms with Crippen LogP contribution in [0.5, 0.6) is 0 Å². The summed E-state index contributed by atoms with van der Waals surface area (Å²) in [6.45, 7) is 2.16. The Morgan fingerprint density at radius 1 is 1.71 bits per heavy atom. The molecule has 0 heteroatoms. The lowest BCUT2D eigenvalue weighted by atomic mass is 10.2. The molecule has 0 aliphatic rings. The Morgan fingerprint density at radius 2 is 2.43 bits per heavy atom. The summed E-state index contributed by atoms with van der Waals surface area (Å²) in [5, 5.41) is 0. The van der Waals surface area contributed by atoms with Crippen LogP contribution in [0.4, 0.5) is 0 Å². The number of rotatable bonds is 3. The lowest BCUT2D eigenvalue weighted by molar-refractivity contribution is 0.798. The van der Waals surface area contributed by atoms with E-state index in [1.54, 1.807) is 0 Å². The minimum atomic E-state index is 1.08. The minimum Gasteiger partial charge on any atom is -0.120 e. The molecule has 0 aliphatic carbocycles. The highest BCUT2D eigenvalue weighted by atomic mass is 13.8. The maximum Gasteiger partial charge on any atom is 0.0337 e. The second-order valence-electron chi connectivity index (χ2n) is 1.51. The van der Waals surface area contributed by atoms with Crippen molar-refractivity contribution in [3.63, 3.8) is 0 Å². The zero-order valence-corrected chi connectivity index (χ0v) is 4.78. The van der Waals surface area contributed by atoms with E-state index in [4.69, 9.17) is 6.42 Å². The zero-order valence-electron chi connectivity index (χ0n) is 4.78. The summed E-state index contributed by atoms with van der Waals surface area (Å²) in [5.41, 5.74) is 0. The van der Waals surface area contributed by atoms with Crippen molar-refractivity contribution in [1.29, 1.82) is 0 Å². The molecular weight excluding hydrogens is 84.1 g/mol. The molecule has 0 unspecified atom stereocenters. The quantitative estimate of drug-likeness (QED) is 0.371. The first kappa shape index (κ1) is 6.56. The molecule has 0 saturated heterocycles. The molecular formula is C7H11. The van der Waals surface area contributed by atoms with Gasteiger partial charge in [-0.05, 0) is 6.42 Å². The average molecular weight is 95.2 g/mol. The first-order chi connectivity index (χ1) is 3.41. The van der Waals surface area contributed by atoms with Gasteiger partial charge in [-0.1, -0.05) is 19.8 Å². The van der Waals surface area contributed by atoms with E-state index < -0.39 is 0 Å². The van der Waals surface area contributed by atoms with Gasteiger partial charge in [0.15, 0.2) is 0 Å². The lowest BCUT2D eigenvalue weighted by Gasteiger charge is -1.85. The summed E-state index contributed by atoms with van der Waals surface area (Å²) in [6.07, 6.45) is 10.4. The van der Waals surface area contributed by atoms with Crippen molar-refractivity contribution in [1.82, 2.24) is 0 Å². The van der Waals surface area contributed by atoms with Crippen molar-refractivity contribution in [2.45, 2.75) is 26.2 Å². The van der Waals surface area contributed by atoms with Crippen molar-refractivity contribution in [3.05, 3.63) is 6.42 Å². The zero-order chi connectivity index (χ0) is 5.54. The number of terminal acetylenes is 1. The van der Waals surface area contributed by atoms with Gasteiger partial charge >= 0.3 is 0 Å². The van der Waals surface area contributed by atoms with Crippen molar-refractivity contribution in [3.8, 4) is 12.3 Å². The first-order valence-corrected chi connectivity index (χ1v) is 2.69. The van der Waals surface area contributed by atoms with E-state index in [0.29, 0.717) is 0 Å². The Balaban J connectivity index is 2.60. The highest BCUT2D eigenvalue weighted by molar-refractivity contribution is 4.99. The second kappa shape index (κ2) is 5.56. The van der Waals surface area contributed by atoms with Gasteiger partial charge in [0.2, 0.25) is 0 Å². The molecule has 0 heterocycles. The van der Waals surface area contributed by atoms with Crippen LogP contribution in [0.15, 0.2) is 0 Å². The molecule has 7 heavy (non-hydrogen) atoms. The van der Waals surface area contributed by atoms with Crippen LogP contribution >= 0.6 is 0 Å². The molecule has 0 nitrogen and oxygen atoms in total. The molecule has 0 aromatic carbocycles. The Morgan fingerprint density at radius 3 is 2.86 bits per heavy atom. The monoisotopic (exact) mass is 95.1 g/mol. The van der Waals surface area contributed by atoms with Crippen molar-refractivity contribution >= 4 is 0 Å². The molecule has 0 bridgehead atoms. The summed E-state index contributed by atoms with van der Waals surface area (Å²) in [6, 6.07) is 0. The summed E-state index contributed by atoms with van der Waals surface area (Å²) in [7, 11) is 0. The molecule has 0 N–H and O–H groups in total. The van der Waals surface area contributed by atoms with E-state index in [0.717, 1.165) is 6.42 Å². The molecule has 0 rings (SSSR count). The third kappa shape index (κ3) is 5.56. The van der Waals surface area contributed by atoms with Crippen LogP contribution in [-0.2, 0) is 0 Å². The number of hydrogen-bond donors (Lipinski definition) is 0. The molecule has 0 fully saturated rings. The predicted octanol–water partition coefficient (Wildman–Crippen LogP) is 2.01. The van der Waals surface area contributed by atoms with Gasteiger partial charge in [0.1, 0.15) is 0 Å². The van der Waals surface area contributed by atoms with Gasteiger partial charge in [-0.3, -0.25) is 0 Å². The Kier molecular flexibility index (Phi) is 5.21. The van der Waals surface area contributed by atoms with E-state index in [1.165, 1.54) is 12.8 Å². The van der Waals surface area contributed by atoms with Gasteiger partial charge in [-0.15, -0.1) is 12.3 Å². The maximum atomic E-state index is 4.96. The van der Waals surface area contributed by atoms with Crippen LogP contribution in [0.2, 0.25) is 0 Å². The first-order valence-electron chi connectivity index (χ1n) is 2.69. The number of hydrogen-bond acceptors (Lipinski definition) is 0. The SMILES string of the molecule is C#C[CH]CCCC. The fourth-order valence-electron chi connectivity index (χ4n) is 0.390. The van der Waals surface area contributed by atoms with Crippen LogP contribution in [0.1, 0.15) is 26.2 Å². The molecule has 0 saturated carbocycles. The largest absolute Gasteiger partial charge is 0.120 e. The van der Waals surface area contributed by atoms with E-state index >= 15 is 0 Å². The smallest absolute Gasteiger partial charge is 0.0337 e. The number of unbranched alkanes of at least 4 members (excludes halogenated alkanes) is 3. The molecule has 0 spiro atoms. The van der Waals surface area contributed by atoms with Gasteiger partial charge in [0.05, 0.1) is 0 Å². The van der Waals surface area contributed by atoms with E-state index in [-0.39, 0.29) is 0 Å². The molecule has 39 valence electrons. The summed E-state index contributed by atoms with van der Waals surface area (Å²) < 4.78 is 0. The van der Waals surface area contributed by atoms with Crippen LogP contribution in [0, 0.1) is 18.8 Å². The van der Waals surface area contributed by atoms with Crippen LogP contribution < -0.4 is 0 Å². The summed E-state index contributed by atoms with van der Waals surface area (Å²) >= 11 is 0. The Hall–Kier alpha value is -0.440. The topological polar surface area (TPSA) is 0 Å². The molecule has 0 amide bonds. The fourth-order valence-corrected chi connectivity index (χ4v) is 0.390. The molecule has 0 aromatic heterocycles. The lowest BCUT2D eigenvalue weighted by Crippen LogP contribution is -1.69. The average Bonchev–Trinajstić information content (AvgIpc) is 1.69. The molecule has 0 aromatic rings. The van der Waals surface area contributed by atoms with Crippen LogP contribution in [0.3, 0.4) is 0 Å². The Labute approximate surface area is 45.9 Å². The second-order valence-corrected chi connectivity index (χ2v) is 1.51. The van der Waals surface area contributed by atoms with Gasteiger partial charge in [-0.2, -0.15) is 0 Å². The van der Waals surface area contributed by atoms with Gasteiger partial charge in [-0.25, -0.2) is 0 Å². The van der Waals surface area contributed by atoms with Crippen molar-refractivity contribution in [2.24, 2.45) is 0 Å². The third-order valence-electron chi connectivity index (χ3n) is 0.820. The third-order valence-corrected chi connectivity index (χ3v) is 0.820. The van der Waals surface area contributed by atoms with Crippen LogP contribution in [-0.4, -0.2) is 0 Å². The van der Waals surface area contributed by atoms with Crippen LogP contribution in [0.25, 0.3) is 0 Å². The summed E-state index contributed by atoms with van der Waals surface area (Å²) in [5.74, 6) is 2.48. The van der Waals surface area contributed by atoms with Crippen molar-refractivity contribution < 1.29 is 0 Å². The molecule has 0 aliphatic heterocycles. The highest BCUT2D eigenvalue weighted by Crippen LogP contribution is 1.94. The molecule has 0 atom stereocenters. The van der Waals surface area contributed by atoms with Gasteiger partial charge in [0, 0.05) is 6.42 Å². The van der Waals surface area contributed by atoms with Gasteiger partial charge in [0.25, 0.3) is 0 Å². The van der Waals surface area contributed by atoms with Crippen molar-refractivity contribution in [2.75, 3.05) is 0 Å². The van der Waals surface area contributed by atoms with E-state index in [1.807, 2.05) is 6.42 Å². The van der Waals surface area contributed by atoms with E-state index in [9.17, 15) is 0 Å². The fraction of sp³-hybridized carbons (Fsp3) is 0.571. The Bertz CT molecular complexity index is 56.9. The maximum absolute atomic E-state index is 4.96. The summed E-state index contributed by atoms with van der Waals surface area (Å²) in [4.78, 5) is 0. The minimum absolute atomic E-state index is 1.08. The van der Waals surface area contributed by atoms with E-state index in [2.05, 4.69) is 12.8 Å². The predicted molar refractivity (Wildman–Crippen MR) is 32.7 cm³/mol. The highest BCUT2D eigenvalue weighted by Gasteiger charge is 1.78. The molecule has 1 radical (unpaired) electrons.